The third kappa shape index (κ3) is 6.26. The van der Waals surface area contributed by atoms with Gasteiger partial charge in [0.05, 0.1) is 0 Å². The van der Waals surface area contributed by atoms with Crippen LogP contribution in [0.5, 0.6) is 0 Å². The van der Waals surface area contributed by atoms with Crippen molar-refractivity contribution in [3.63, 3.8) is 0 Å². The first-order valence-corrected chi connectivity index (χ1v) is 5.76. The van der Waals surface area contributed by atoms with E-state index in [-0.39, 0.29) is 0 Å². The van der Waals surface area contributed by atoms with Crippen LogP contribution in [0, 0.1) is 0 Å². The van der Waals surface area contributed by atoms with Crippen molar-refractivity contribution in [1.82, 2.24) is 0 Å². The summed E-state index contributed by atoms with van der Waals surface area (Å²) in [6.45, 7) is 2.24. The second-order valence-corrected chi connectivity index (χ2v) is 9.08. The summed E-state index contributed by atoms with van der Waals surface area (Å²) in [5.74, 6) is 0. The minimum atomic E-state index is 0.522. The van der Waals surface area contributed by atoms with Crippen LogP contribution in [-0.4, -0.2) is 24.0 Å². The molecule has 0 aliphatic carbocycles. The Balaban J connectivity index is 3.17. The molecule has 0 N–H and O–H groups in total. The molecule has 0 rings (SSSR count). The number of halogens is 2. The van der Waals surface area contributed by atoms with Gasteiger partial charge in [-0.25, -0.2) is 0 Å². The van der Waals surface area contributed by atoms with Crippen LogP contribution in [0.25, 0.3) is 0 Å². The maximum absolute atomic E-state index is 2.45. The Kier molecular flexibility index (Phi) is 4.57. The van der Waals surface area contributed by atoms with E-state index in [1.165, 1.54) is 4.44 Å². The second kappa shape index (κ2) is 3.32. The Bertz CT molecular complexity index is 38.5. The number of hydrogen-bond acceptors (Lipinski definition) is 0. The van der Waals surface area contributed by atoms with Gasteiger partial charge in [0.25, 0.3) is 0 Å². The molecule has 0 aromatic heterocycles. The van der Waals surface area contributed by atoms with Crippen LogP contribution in [0.4, 0.5) is 0 Å². The van der Waals surface area contributed by atoms with Crippen molar-refractivity contribution in [3.8, 4) is 0 Å². The summed E-state index contributed by atoms with van der Waals surface area (Å²) in [6, 6.07) is 0. The van der Waals surface area contributed by atoms with Gasteiger partial charge in [-0.3, -0.25) is 0 Å². The molecular weight excluding hydrogens is 409 g/mol. The summed E-state index contributed by atoms with van der Waals surface area (Å²) in [5, 5.41) is 0. The van der Waals surface area contributed by atoms with Crippen molar-refractivity contribution < 1.29 is 0 Å². The predicted molar refractivity (Wildman–Crippen MR) is 47.0 cm³/mol. The molecule has 0 unspecified atom stereocenters. The van der Waals surface area contributed by atoms with Gasteiger partial charge in [0.15, 0.2) is 0 Å². The monoisotopic (exact) mass is 415 g/mol. The standard InChI is InChI=1S/C3H5I2.Sn/c1-3(2,4)5;/h1H2,2H3;. The molecule has 35 valence electrons. The van der Waals surface area contributed by atoms with Gasteiger partial charge in [-0.15, -0.1) is 0 Å². The normalized spacial score (nSPS) is 12.0. The van der Waals surface area contributed by atoms with E-state index in [0.29, 0.717) is 1.43 Å². The van der Waals surface area contributed by atoms with E-state index >= 15 is 0 Å². The van der Waals surface area contributed by atoms with Gasteiger partial charge in [0.1, 0.15) is 0 Å². The molecule has 0 spiro atoms. The number of alkyl halides is 2. The molecule has 0 heterocycles. The molecule has 3 heteroatoms. The molecule has 0 aliphatic heterocycles. The molecule has 0 saturated heterocycles. The van der Waals surface area contributed by atoms with E-state index < -0.39 is 0 Å². The first-order chi connectivity index (χ1) is 2.56. The fraction of sp³-hybridized carbons (Fsp3) is 1.00. The van der Waals surface area contributed by atoms with Crippen molar-refractivity contribution in [2.45, 2.75) is 12.8 Å². The third-order valence-corrected chi connectivity index (χ3v) is 7.20. The van der Waals surface area contributed by atoms with Crippen molar-refractivity contribution in [2.24, 2.45) is 0 Å². The Morgan fingerprint density at radius 2 is 1.83 bits per heavy atom. The Hall–Kier alpha value is 2.26. The fourth-order valence-electron chi connectivity index (χ4n) is 0. The van der Waals surface area contributed by atoms with Gasteiger partial charge >= 0.3 is 80.5 Å². The van der Waals surface area contributed by atoms with Crippen LogP contribution in [-0.2, 0) is 0 Å². The maximum atomic E-state index is 2.45. The van der Waals surface area contributed by atoms with Crippen molar-refractivity contribution in [1.29, 1.82) is 0 Å². The van der Waals surface area contributed by atoms with E-state index in [9.17, 15) is 0 Å². The summed E-state index contributed by atoms with van der Waals surface area (Å²) in [6.07, 6.45) is 0. The Morgan fingerprint density at radius 1 is 1.67 bits per heavy atom. The van der Waals surface area contributed by atoms with Gasteiger partial charge < -0.3 is 0 Å². The molecule has 0 nitrogen and oxygen atoms in total. The van der Waals surface area contributed by atoms with Gasteiger partial charge in [-0.05, 0) is 0 Å². The molecule has 0 atom stereocenters. The van der Waals surface area contributed by atoms with Crippen LogP contribution in [0.1, 0.15) is 6.92 Å². The second-order valence-electron chi connectivity index (χ2n) is 1.25. The van der Waals surface area contributed by atoms with Crippen LogP contribution < -0.4 is 0 Å². The molecule has 6 heavy (non-hydrogen) atoms. The van der Waals surface area contributed by atoms with E-state index in [4.69, 9.17) is 0 Å². The molecule has 0 fully saturated rings. The van der Waals surface area contributed by atoms with Crippen LogP contribution in [0.15, 0.2) is 0 Å². The SMILES string of the molecule is CC(I)(I)[CH2][Sn]. The Labute approximate surface area is 79.2 Å². The molecule has 0 bridgehead atoms. The first-order valence-electron chi connectivity index (χ1n) is 1.59. The molecule has 3 radical (unpaired) electrons. The summed E-state index contributed by atoms with van der Waals surface area (Å²) < 4.78 is 1.86. The van der Waals surface area contributed by atoms with Crippen LogP contribution >= 0.6 is 45.2 Å². The molecule has 0 saturated carbocycles. The predicted octanol–water partition coefficient (Wildman–Crippen LogP) is 2.16. The average Bonchev–Trinajstić information content (AvgIpc) is 1.35. The summed E-state index contributed by atoms with van der Waals surface area (Å²) >= 11 is 6.54. The summed E-state index contributed by atoms with van der Waals surface area (Å²) in [4.78, 5) is 0. The van der Waals surface area contributed by atoms with E-state index in [1.807, 2.05) is 0 Å². The van der Waals surface area contributed by atoms with Gasteiger partial charge in [0.2, 0.25) is 0 Å². The third-order valence-electron chi connectivity index (χ3n) is 0.310. The van der Waals surface area contributed by atoms with Gasteiger partial charge in [-0.1, -0.05) is 0 Å². The van der Waals surface area contributed by atoms with Gasteiger partial charge in [-0.2, -0.15) is 0 Å². The van der Waals surface area contributed by atoms with Crippen molar-refractivity contribution in [3.05, 3.63) is 0 Å². The zero-order valence-electron chi connectivity index (χ0n) is 3.46. The molecule has 0 aromatic rings. The van der Waals surface area contributed by atoms with E-state index in [1.54, 1.807) is 22.5 Å². The van der Waals surface area contributed by atoms with Crippen molar-refractivity contribution in [2.75, 3.05) is 0 Å². The summed E-state index contributed by atoms with van der Waals surface area (Å²) in [5.41, 5.74) is 0. The molecule has 0 amide bonds. The first kappa shape index (κ1) is 8.26. The Morgan fingerprint density at radius 3 is 1.83 bits per heavy atom. The van der Waals surface area contributed by atoms with E-state index in [0.717, 1.165) is 0 Å². The molecular formula is C3H5I2Sn. The quantitative estimate of drug-likeness (QED) is 0.351. The number of rotatable bonds is 1. The summed E-state index contributed by atoms with van der Waals surface area (Å²) in [7, 11) is 0. The minimum absolute atomic E-state index is 0.522. The topological polar surface area (TPSA) is 0 Å². The number of hydrogen-bond donors (Lipinski definition) is 0. The van der Waals surface area contributed by atoms with Crippen LogP contribution in [0.3, 0.4) is 0 Å². The zero-order chi connectivity index (χ0) is 5.21. The van der Waals surface area contributed by atoms with Crippen molar-refractivity contribution >= 4 is 67.7 Å². The zero-order valence-corrected chi connectivity index (χ0v) is 10.6. The average molecular weight is 414 g/mol. The van der Waals surface area contributed by atoms with Crippen LogP contribution in [0.2, 0.25) is 4.44 Å². The molecule has 0 aromatic carbocycles. The fourth-order valence-corrected chi connectivity index (χ4v) is 0. The molecule has 0 aliphatic rings. The van der Waals surface area contributed by atoms with E-state index in [2.05, 4.69) is 52.1 Å². The van der Waals surface area contributed by atoms with Gasteiger partial charge in [0, 0.05) is 0 Å².